The molecule has 0 atom stereocenters. The van der Waals surface area contributed by atoms with Gasteiger partial charge in [0.25, 0.3) is 5.56 Å². The lowest BCUT2D eigenvalue weighted by Gasteiger charge is -2.11. The number of nitrogens with one attached hydrogen (secondary N) is 1. The second-order valence-corrected chi connectivity index (χ2v) is 5.04. The lowest BCUT2D eigenvalue weighted by atomic mass is 10.0. The molecule has 2 aromatic rings. The van der Waals surface area contributed by atoms with Gasteiger partial charge in [-0.15, -0.1) is 0 Å². The van der Waals surface area contributed by atoms with Crippen molar-refractivity contribution in [3.63, 3.8) is 0 Å². The Morgan fingerprint density at radius 1 is 1.41 bits per heavy atom. The van der Waals surface area contributed by atoms with Crippen LogP contribution in [0, 0.1) is 0 Å². The zero-order valence-corrected chi connectivity index (χ0v) is 12.9. The third-order valence-electron chi connectivity index (χ3n) is 2.93. The number of rotatable bonds is 4. The number of benzene rings is 1. The molecule has 22 heavy (non-hydrogen) atoms. The van der Waals surface area contributed by atoms with E-state index in [1.165, 1.54) is 12.1 Å². The van der Waals surface area contributed by atoms with Gasteiger partial charge in [0.2, 0.25) is 0 Å². The summed E-state index contributed by atoms with van der Waals surface area (Å²) in [5.41, 5.74) is 8.28. The van der Waals surface area contributed by atoms with Crippen molar-refractivity contribution >= 4 is 40.1 Å². The van der Waals surface area contributed by atoms with Crippen LogP contribution in [-0.4, -0.2) is 17.6 Å². The molecule has 0 aliphatic rings. The number of pyridine rings is 1. The summed E-state index contributed by atoms with van der Waals surface area (Å²) in [5.74, 6) is -0.792. The first-order valence-electron chi connectivity index (χ1n) is 6.21. The molecule has 0 bridgehead atoms. The van der Waals surface area contributed by atoms with E-state index < -0.39 is 11.5 Å². The Morgan fingerprint density at radius 2 is 2.09 bits per heavy atom. The highest BCUT2D eigenvalue weighted by Gasteiger charge is 2.20. The van der Waals surface area contributed by atoms with Crippen LogP contribution >= 0.6 is 23.2 Å². The maximum Gasteiger partial charge on any atom is 0.344 e. The van der Waals surface area contributed by atoms with E-state index in [4.69, 9.17) is 33.5 Å². The van der Waals surface area contributed by atoms with E-state index in [2.05, 4.69) is 15.0 Å². The van der Waals surface area contributed by atoms with Crippen molar-refractivity contribution in [2.24, 2.45) is 5.11 Å². The fourth-order valence-corrected chi connectivity index (χ4v) is 2.37. The largest absolute Gasteiger partial charge is 0.462 e. The quantitative estimate of drug-likeness (QED) is 0.395. The minimum atomic E-state index is -0.792. The van der Waals surface area contributed by atoms with Crippen LogP contribution in [0.2, 0.25) is 10.0 Å². The van der Waals surface area contributed by atoms with Crippen LogP contribution in [0.5, 0.6) is 0 Å². The first kappa shape index (κ1) is 16.2. The maximum absolute atomic E-state index is 12.2. The summed E-state index contributed by atoms with van der Waals surface area (Å²) >= 11 is 11.9. The number of hydrogen-bond acceptors (Lipinski definition) is 4. The third-order valence-corrected chi connectivity index (χ3v) is 3.66. The van der Waals surface area contributed by atoms with E-state index in [1.807, 2.05) is 0 Å². The van der Waals surface area contributed by atoms with Gasteiger partial charge in [0.05, 0.1) is 28.7 Å². The number of aromatic nitrogens is 1. The van der Waals surface area contributed by atoms with E-state index in [9.17, 15) is 9.59 Å². The fraction of sp³-hybridized carbons (Fsp3) is 0.231. The van der Waals surface area contributed by atoms with Crippen LogP contribution in [0.25, 0.3) is 21.3 Å². The Balaban J connectivity index is 2.85. The second kappa shape index (κ2) is 6.70. The summed E-state index contributed by atoms with van der Waals surface area (Å²) in [7, 11) is 0. The van der Waals surface area contributed by atoms with Crippen LogP contribution in [0.4, 0.5) is 0 Å². The molecule has 2 rings (SSSR count). The lowest BCUT2D eigenvalue weighted by molar-refractivity contribution is 0.0523. The molecule has 0 amide bonds. The predicted octanol–water partition coefficient (Wildman–Crippen LogP) is 3.82. The normalized spacial score (nSPS) is 10.3. The molecule has 0 aliphatic carbocycles. The van der Waals surface area contributed by atoms with Crippen LogP contribution in [-0.2, 0) is 11.3 Å². The van der Waals surface area contributed by atoms with Gasteiger partial charge >= 0.3 is 5.97 Å². The number of carbonyl (C=O) groups excluding carboxylic acids is 1. The number of azide groups is 1. The molecule has 0 unspecified atom stereocenters. The topological polar surface area (TPSA) is 108 Å². The summed E-state index contributed by atoms with van der Waals surface area (Å²) in [4.78, 5) is 29.4. The van der Waals surface area contributed by atoms with E-state index in [0.29, 0.717) is 10.9 Å². The summed E-state index contributed by atoms with van der Waals surface area (Å²) in [6.07, 6.45) is 0. The number of carbonyl (C=O) groups is 1. The predicted molar refractivity (Wildman–Crippen MR) is 83.4 cm³/mol. The van der Waals surface area contributed by atoms with E-state index in [1.54, 1.807) is 6.92 Å². The van der Waals surface area contributed by atoms with Gasteiger partial charge < -0.3 is 9.72 Å². The number of H-pyrrole nitrogens is 1. The summed E-state index contributed by atoms with van der Waals surface area (Å²) in [6.45, 7) is 1.54. The van der Waals surface area contributed by atoms with Crippen LogP contribution < -0.4 is 5.56 Å². The summed E-state index contributed by atoms with van der Waals surface area (Å²) < 4.78 is 4.88. The highest BCUT2D eigenvalue weighted by Crippen LogP contribution is 2.29. The number of aromatic amines is 1. The van der Waals surface area contributed by atoms with Gasteiger partial charge in [-0.05, 0) is 30.2 Å². The molecule has 0 fully saturated rings. The van der Waals surface area contributed by atoms with Crippen molar-refractivity contribution < 1.29 is 9.53 Å². The van der Waals surface area contributed by atoms with Gasteiger partial charge in [-0.25, -0.2) is 4.79 Å². The van der Waals surface area contributed by atoms with Gasteiger partial charge in [0, 0.05) is 10.3 Å². The highest BCUT2D eigenvalue weighted by atomic mass is 35.5. The summed E-state index contributed by atoms with van der Waals surface area (Å²) in [5, 5.41) is 4.40. The minimum absolute atomic E-state index is 0.110. The second-order valence-electron chi connectivity index (χ2n) is 4.23. The summed E-state index contributed by atoms with van der Waals surface area (Å²) in [6, 6.07) is 2.97. The molecular weight excluding hydrogens is 331 g/mol. The molecule has 0 saturated carbocycles. The average Bonchev–Trinajstić information content (AvgIpc) is 2.46. The Bertz CT molecular complexity index is 856. The molecule has 0 saturated heterocycles. The Labute approximate surface area is 134 Å². The Hall–Kier alpha value is -2.21. The molecule has 1 aromatic carbocycles. The number of nitrogens with zero attached hydrogens (tertiary/aromatic N) is 3. The lowest BCUT2D eigenvalue weighted by Crippen LogP contribution is -2.22. The number of fused-ring (bicyclic) bond motifs is 1. The Kier molecular flexibility index (Phi) is 4.92. The van der Waals surface area contributed by atoms with Crippen LogP contribution in [0.15, 0.2) is 22.0 Å². The molecule has 7 nitrogen and oxygen atoms in total. The molecule has 1 N–H and O–H groups in total. The van der Waals surface area contributed by atoms with Gasteiger partial charge in [-0.1, -0.05) is 28.3 Å². The molecule has 0 radical (unpaired) electrons. The van der Waals surface area contributed by atoms with Crippen molar-refractivity contribution in [2.45, 2.75) is 13.5 Å². The third kappa shape index (κ3) is 3.01. The number of hydrogen-bond donors (Lipinski definition) is 1. The van der Waals surface area contributed by atoms with Gasteiger partial charge in [0.1, 0.15) is 5.56 Å². The molecule has 0 spiro atoms. The zero-order chi connectivity index (χ0) is 16.3. The van der Waals surface area contributed by atoms with E-state index >= 15 is 0 Å². The van der Waals surface area contributed by atoms with Crippen molar-refractivity contribution in [3.8, 4) is 0 Å². The highest BCUT2D eigenvalue weighted by molar-refractivity contribution is 6.42. The van der Waals surface area contributed by atoms with Crippen molar-refractivity contribution in [2.75, 3.05) is 6.61 Å². The average molecular weight is 341 g/mol. The monoisotopic (exact) mass is 340 g/mol. The number of halogens is 2. The van der Waals surface area contributed by atoms with Gasteiger partial charge in [0.15, 0.2) is 0 Å². The molecule has 0 aliphatic heterocycles. The minimum Gasteiger partial charge on any atom is -0.462 e. The van der Waals surface area contributed by atoms with Crippen molar-refractivity contribution in [3.05, 3.63) is 54.1 Å². The molecular formula is C13H10Cl2N4O3. The SMILES string of the molecule is CCOC(=O)c1c(CN=[N+]=[N-])c2cc(Cl)c(Cl)cc2[nH]c1=O. The molecule has 9 heteroatoms. The van der Waals surface area contributed by atoms with Crippen molar-refractivity contribution in [1.29, 1.82) is 0 Å². The molecule has 114 valence electrons. The van der Waals surface area contributed by atoms with E-state index in [0.717, 1.165) is 0 Å². The number of esters is 1. The van der Waals surface area contributed by atoms with Crippen LogP contribution in [0.3, 0.4) is 0 Å². The molecule has 1 aromatic heterocycles. The van der Waals surface area contributed by atoms with Gasteiger partial charge in [-0.3, -0.25) is 4.79 Å². The standard InChI is InChI=1S/C13H10Cl2N4O3/c1-2-22-13(21)11-7(5-17-19-16)6-3-8(14)9(15)4-10(6)18-12(11)20/h3-4H,2,5H2,1H3,(H,18,20). The molecule has 1 heterocycles. The number of ether oxygens (including phenoxy) is 1. The smallest absolute Gasteiger partial charge is 0.344 e. The van der Waals surface area contributed by atoms with Crippen molar-refractivity contribution in [1.82, 2.24) is 4.98 Å². The Morgan fingerprint density at radius 3 is 2.73 bits per heavy atom. The van der Waals surface area contributed by atoms with Gasteiger partial charge in [-0.2, -0.15) is 0 Å². The maximum atomic E-state index is 12.2. The first-order chi connectivity index (χ1) is 10.5. The van der Waals surface area contributed by atoms with E-state index in [-0.39, 0.29) is 34.3 Å². The van der Waals surface area contributed by atoms with Crippen LogP contribution in [0.1, 0.15) is 22.8 Å². The fourth-order valence-electron chi connectivity index (χ4n) is 2.04. The first-order valence-corrected chi connectivity index (χ1v) is 6.97. The zero-order valence-electron chi connectivity index (χ0n) is 11.4.